The molecule has 2 aromatic rings. The van der Waals surface area contributed by atoms with E-state index in [-0.39, 0.29) is 0 Å². The molecule has 1 aromatic heterocycles. The first-order valence-electron chi connectivity index (χ1n) is 5.52. The maximum absolute atomic E-state index is 4.14. The first-order chi connectivity index (χ1) is 7.77. The summed E-state index contributed by atoms with van der Waals surface area (Å²) >= 11 is 0. The molecule has 3 heteroatoms. The highest BCUT2D eigenvalue weighted by molar-refractivity contribution is 5.18. The van der Waals surface area contributed by atoms with Crippen LogP contribution < -0.4 is 5.32 Å². The lowest BCUT2D eigenvalue weighted by Gasteiger charge is -2.14. The van der Waals surface area contributed by atoms with Crippen LogP contribution in [0.1, 0.15) is 24.2 Å². The zero-order valence-electron chi connectivity index (χ0n) is 9.72. The van der Waals surface area contributed by atoms with Crippen molar-refractivity contribution in [1.29, 1.82) is 0 Å². The number of nitrogens with one attached hydrogen (secondary N) is 1. The van der Waals surface area contributed by atoms with E-state index in [1.165, 1.54) is 11.3 Å². The van der Waals surface area contributed by atoms with Crippen molar-refractivity contribution in [2.75, 3.05) is 0 Å². The van der Waals surface area contributed by atoms with E-state index in [0.717, 1.165) is 6.54 Å². The second-order valence-corrected chi connectivity index (χ2v) is 3.96. The van der Waals surface area contributed by atoms with Gasteiger partial charge < -0.3 is 5.32 Å². The van der Waals surface area contributed by atoms with Crippen molar-refractivity contribution in [2.45, 2.75) is 19.5 Å². The van der Waals surface area contributed by atoms with Crippen LogP contribution in [0.4, 0.5) is 0 Å². The summed E-state index contributed by atoms with van der Waals surface area (Å²) in [5, 5.41) is 7.63. The average Bonchev–Trinajstić information content (AvgIpc) is 2.73. The summed E-state index contributed by atoms with van der Waals surface area (Å²) in [6.45, 7) is 3.01. The van der Waals surface area contributed by atoms with Gasteiger partial charge in [0.2, 0.25) is 0 Å². The van der Waals surface area contributed by atoms with E-state index in [0.29, 0.717) is 6.04 Å². The summed E-state index contributed by atoms with van der Waals surface area (Å²) in [5.41, 5.74) is 2.51. The molecule has 0 amide bonds. The monoisotopic (exact) mass is 215 g/mol. The molecule has 0 fully saturated rings. The molecule has 0 saturated heterocycles. The number of aryl methyl sites for hydroxylation is 1. The Kier molecular flexibility index (Phi) is 3.37. The number of aromatic nitrogens is 2. The second kappa shape index (κ2) is 4.94. The zero-order chi connectivity index (χ0) is 11.4. The minimum absolute atomic E-state index is 0.358. The summed E-state index contributed by atoms with van der Waals surface area (Å²) in [6, 6.07) is 12.8. The molecule has 84 valence electrons. The highest BCUT2D eigenvalue weighted by Gasteiger charge is 2.05. The van der Waals surface area contributed by atoms with Crippen LogP contribution in [0.2, 0.25) is 0 Å². The van der Waals surface area contributed by atoms with Crippen molar-refractivity contribution in [1.82, 2.24) is 15.1 Å². The molecule has 16 heavy (non-hydrogen) atoms. The van der Waals surface area contributed by atoms with Crippen molar-refractivity contribution >= 4 is 0 Å². The standard InChI is InChI=1S/C13H17N3/c1-11(12-6-4-3-5-7-12)14-10-13-8-9-15-16(13)2/h3-9,11,14H,10H2,1-2H3/t11-/m0/s1. The van der Waals surface area contributed by atoms with Crippen LogP contribution in [0, 0.1) is 0 Å². The third kappa shape index (κ3) is 2.49. The van der Waals surface area contributed by atoms with E-state index in [1.807, 2.05) is 30.1 Å². The predicted octanol–water partition coefficient (Wildman–Crippen LogP) is 2.27. The molecule has 1 atom stereocenters. The Balaban J connectivity index is 1.94. The van der Waals surface area contributed by atoms with Crippen LogP contribution in [0.15, 0.2) is 42.6 Å². The maximum atomic E-state index is 4.14. The van der Waals surface area contributed by atoms with Crippen molar-refractivity contribution in [3.05, 3.63) is 53.9 Å². The van der Waals surface area contributed by atoms with Gasteiger partial charge in [0.15, 0.2) is 0 Å². The van der Waals surface area contributed by atoms with Gasteiger partial charge in [-0.3, -0.25) is 4.68 Å². The molecule has 1 N–H and O–H groups in total. The van der Waals surface area contributed by atoms with Crippen LogP contribution in [-0.4, -0.2) is 9.78 Å². The van der Waals surface area contributed by atoms with Gasteiger partial charge in [-0.25, -0.2) is 0 Å². The Bertz CT molecular complexity index is 433. The summed E-state index contributed by atoms with van der Waals surface area (Å²) in [5.74, 6) is 0. The highest BCUT2D eigenvalue weighted by Crippen LogP contribution is 2.11. The van der Waals surface area contributed by atoms with Gasteiger partial charge in [-0.05, 0) is 18.6 Å². The van der Waals surface area contributed by atoms with Crippen LogP contribution >= 0.6 is 0 Å². The topological polar surface area (TPSA) is 29.9 Å². The molecule has 0 spiro atoms. The Labute approximate surface area is 96.1 Å². The van der Waals surface area contributed by atoms with Crippen LogP contribution in [-0.2, 0) is 13.6 Å². The normalized spacial score (nSPS) is 12.6. The van der Waals surface area contributed by atoms with E-state index in [9.17, 15) is 0 Å². The number of benzene rings is 1. The van der Waals surface area contributed by atoms with Crippen LogP contribution in [0.25, 0.3) is 0 Å². The third-order valence-corrected chi connectivity index (χ3v) is 2.81. The molecule has 0 radical (unpaired) electrons. The Morgan fingerprint density at radius 3 is 2.62 bits per heavy atom. The van der Waals surface area contributed by atoms with E-state index in [1.54, 1.807) is 0 Å². The number of nitrogens with zero attached hydrogens (tertiary/aromatic N) is 2. The summed E-state index contributed by atoms with van der Waals surface area (Å²) < 4.78 is 1.89. The first-order valence-corrected chi connectivity index (χ1v) is 5.52. The fraction of sp³-hybridized carbons (Fsp3) is 0.308. The van der Waals surface area contributed by atoms with Gasteiger partial charge in [0.05, 0.1) is 5.69 Å². The molecule has 2 rings (SSSR count). The van der Waals surface area contributed by atoms with E-state index in [4.69, 9.17) is 0 Å². The van der Waals surface area contributed by atoms with Crippen molar-refractivity contribution < 1.29 is 0 Å². The summed E-state index contributed by atoms with van der Waals surface area (Å²) in [4.78, 5) is 0. The molecule has 0 aliphatic heterocycles. The minimum atomic E-state index is 0.358. The fourth-order valence-corrected chi connectivity index (χ4v) is 1.69. The zero-order valence-corrected chi connectivity index (χ0v) is 9.72. The molecular weight excluding hydrogens is 198 g/mol. The minimum Gasteiger partial charge on any atom is -0.305 e. The predicted molar refractivity (Wildman–Crippen MR) is 64.9 cm³/mol. The van der Waals surface area contributed by atoms with Gasteiger partial charge in [-0.15, -0.1) is 0 Å². The van der Waals surface area contributed by atoms with Crippen molar-refractivity contribution in [3.63, 3.8) is 0 Å². The van der Waals surface area contributed by atoms with Gasteiger partial charge >= 0.3 is 0 Å². The summed E-state index contributed by atoms with van der Waals surface area (Å²) in [6.07, 6.45) is 1.82. The molecule has 0 aliphatic rings. The molecule has 0 saturated carbocycles. The molecule has 0 bridgehead atoms. The van der Waals surface area contributed by atoms with E-state index in [2.05, 4.69) is 41.6 Å². The van der Waals surface area contributed by atoms with Gasteiger partial charge in [-0.2, -0.15) is 5.10 Å². The van der Waals surface area contributed by atoms with Gasteiger partial charge in [-0.1, -0.05) is 30.3 Å². The number of rotatable bonds is 4. The maximum Gasteiger partial charge on any atom is 0.0518 e. The van der Waals surface area contributed by atoms with Crippen molar-refractivity contribution in [3.8, 4) is 0 Å². The lowest BCUT2D eigenvalue weighted by molar-refractivity contribution is 0.548. The van der Waals surface area contributed by atoms with Gasteiger partial charge in [0, 0.05) is 25.8 Å². The first kappa shape index (κ1) is 10.9. The second-order valence-electron chi connectivity index (χ2n) is 3.96. The van der Waals surface area contributed by atoms with Crippen molar-refractivity contribution in [2.24, 2.45) is 7.05 Å². The quantitative estimate of drug-likeness (QED) is 0.848. The lowest BCUT2D eigenvalue weighted by atomic mass is 10.1. The molecule has 0 unspecified atom stereocenters. The molecular formula is C13H17N3. The number of hydrogen-bond donors (Lipinski definition) is 1. The Hall–Kier alpha value is -1.61. The van der Waals surface area contributed by atoms with Gasteiger partial charge in [0.25, 0.3) is 0 Å². The highest BCUT2D eigenvalue weighted by atomic mass is 15.3. The van der Waals surface area contributed by atoms with Gasteiger partial charge in [0.1, 0.15) is 0 Å². The largest absolute Gasteiger partial charge is 0.305 e. The number of hydrogen-bond acceptors (Lipinski definition) is 2. The van der Waals surface area contributed by atoms with Crippen LogP contribution in [0.3, 0.4) is 0 Å². The summed E-state index contributed by atoms with van der Waals surface area (Å²) in [7, 11) is 1.96. The molecule has 0 aliphatic carbocycles. The SMILES string of the molecule is C[C@H](NCc1ccnn1C)c1ccccc1. The molecule has 1 aromatic carbocycles. The Morgan fingerprint density at radius 1 is 1.25 bits per heavy atom. The van der Waals surface area contributed by atoms with E-state index >= 15 is 0 Å². The van der Waals surface area contributed by atoms with E-state index < -0.39 is 0 Å². The third-order valence-electron chi connectivity index (χ3n) is 2.81. The van der Waals surface area contributed by atoms with Crippen LogP contribution in [0.5, 0.6) is 0 Å². The average molecular weight is 215 g/mol. The Morgan fingerprint density at radius 2 is 2.00 bits per heavy atom. The fourth-order valence-electron chi connectivity index (χ4n) is 1.69. The smallest absolute Gasteiger partial charge is 0.0518 e. The molecule has 3 nitrogen and oxygen atoms in total. The molecule has 1 heterocycles. The lowest BCUT2D eigenvalue weighted by Crippen LogP contribution is -2.19.